The number of carbonyl (C=O) groups is 1. The van der Waals surface area contributed by atoms with Crippen LogP contribution in [0.25, 0.3) is 21.9 Å². The molecular formula is C26H23NO3S. The van der Waals surface area contributed by atoms with Gasteiger partial charge in [-0.15, -0.1) is 11.8 Å². The van der Waals surface area contributed by atoms with Gasteiger partial charge in [0.25, 0.3) is 0 Å². The molecule has 0 atom stereocenters. The summed E-state index contributed by atoms with van der Waals surface area (Å²) in [5, 5.41) is 2.24. The lowest BCUT2D eigenvalue weighted by molar-refractivity contribution is -0.139. The van der Waals surface area contributed by atoms with Crippen molar-refractivity contribution in [2.45, 2.75) is 18.4 Å². The number of thioether (sulfide) groups is 1. The Morgan fingerprint density at radius 2 is 1.77 bits per heavy atom. The van der Waals surface area contributed by atoms with Crippen LogP contribution in [0.1, 0.15) is 12.5 Å². The Kier molecular flexibility index (Phi) is 6.85. The van der Waals surface area contributed by atoms with Crippen LogP contribution in [-0.2, 0) is 16.1 Å². The molecule has 4 rings (SSSR count). The summed E-state index contributed by atoms with van der Waals surface area (Å²) in [4.78, 5) is 17.4. The van der Waals surface area contributed by atoms with E-state index in [9.17, 15) is 4.79 Å². The summed E-state index contributed by atoms with van der Waals surface area (Å²) < 4.78 is 11.1. The second-order valence-electron chi connectivity index (χ2n) is 6.94. The van der Waals surface area contributed by atoms with Gasteiger partial charge < -0.3 is 9.47 Å². The molecule has 0 aliphatic rings. The normalized spacial score (nSPS) is 10.7. The van der Waals surface area contributed by atoms with Crippen molar-refractivity contribution in [1.82, 2.24) is 4.98 Å². The first-order valence-electron chi connectivity index (χ1n) is 10.2. The van der Waals surface area contributed by atoms with Crippen molar-refractivity contribution >= 4 is 28.5 Å². The third-order valence-electron chi connectivity index (χ3n) is 4.79. The molecule has 1 aromatic heterocycles. The molecule has 4 nitrogen and oxygen atoms in total. The maximum Gasteiger partial charge on any atom is 0.316 e. The Morgan fingerprint density at radius 3 is 2.61 bits per heavy atom. The maximum absolute atomic E-state index is 11.9. The predicted octanol–water partition coefficient (Wildman–Crippen LogP) is 6.14. The van der Waals surface area contributed by atoms with Crippen LogP contribution in [-0.4, -0.2) is 23.3 Å². The molecule has 0 spiro atoms. The molecule has 0 unspecified atom stereocenters. The first-order chi connectivity index (χ1) is 15.2. The van der Waals surface area contributed by atoms with Crippen LogP contribution in [0.5, 0.6) is 5.75 Å². The SMILES string of the molecule is CCOC(=O)CSc1ccc2ccccc2c1-c1cncc(OCc2ccccc2)c1. The molecule has 0 aliphatic heterocycles. The van der Waals surface area contributed by atoms with E-state index in [1.54, 1.807) is 6.20 Å². The lowest BCUT2D eigenvalue weighted by atomic mass is 9.99. The number of carbonyl (C=O) groups excluding carboxylic acids is 1. The highest BCUT2D eigenvalue weighted by Gasteiger charge is 2.14. The number of rotatable bonds is 8. The van der Waals surface area contributed by atoms with Crippen LogP contribution in [0, 0.1) is 0 Å². The van der Waals surface area contributed by atoms with Crippen LogP contribution in [0.4, 0.5) is 0 Å². The number of benzene rings is 3. The zero-order valence-corrected chi connectivity index (χ0v) is 18.1. The van der Waals surface area contributed by atoms with Gasteiger partial charge >= 0.3 is 5.97 Å². The number of nitrogens with zero attached hydrogens (tertiary/aromatic N) is 1. The van der Waals surface area contributed by atoms with E-state index >= 15 is 0 Å². The molecular weight excluding hydrogens is 406 g/mol. The maximum atomic E-state index is 11.9. The molecule has 0 bridgehead atoms. The zero-order valence-electron chi connectivity index (χ0n) is 17.3. The molecule has 0 N–H and O–H groups in total. The molecule has 0 saturated carbocycles. The monoisotopic (exact) mass is 429 g/mol. The fourth-order valence-corrected chi connectivity index (χ4v) is 4.28. The molecule has 0 fully saturated rings. The lowest BCUT2D eigenvalue weighted by Crippen LogP contribution is -2.06. The summed E-state index contributed by atoms with van der Waals surface area (Å²) in [5.41, 5.74) is 3.10. The van der Waals surface area contributed by atoms with Crippen molar-refractivity contribution in [2.75, 3.05) is 12.4 Å². The van der Waals surface area contributed by atoms with E-state index in [0.29, 0.717) is 19.0 Å². The Morgan fingerprint density at radius 1 is 0.968 bits per heavy atom. The number of ether oxygens (including phenoxy) is 2. The van der Waals surface area contributed by atoms with Gasteiger partial charge in [0.15, 0.2) is 0 Å². The van der Waals surface area contributed by atoms with E-state index in [-0.39, 0.29) is 11.7 Å². The fraction of sp³-hybridized carbons (Fsp3) is 0.154. The minimum absolute atomic E-state index is 0.218. The van der Waals surface area contributed by atoms with Gasteiger partial charge in [-0.2, -0.15) is 0 Å². The second-order valence-corrected chi connectivity index (χ2v) is 7.95. The summed E-state index contributed by atoms with van der Waals surface area (Å²) >= 11 is 1.48. The Bertz CT molecular complexity index is 1180. The third-order valence-corrected chi connectivity index (χ3v) is 5.82. The summed E-state index contributed by atoms with van der Waals surface area (Å²) in [6, 6.07) is 24.4. The van der Waals surface area contributed by atoms with E-state index in [1.165, 1.54) is 11.8 Å². The summed E-state index contributed by atoms with van der Waals surface area (Å²) in [6.45, 7) is 2.68. The minimum atomic E-state index is -0.218. The number of esters is 1. The average molecular weight is 430 g/mol. The van der Waals surface area contributed by atoms with Gasteiger partial charge in [0.1, 0.15) is 12.4 Å². The van der Waals surface area contributed by atoms with Crippen molar-refractivity contribution in [1.29, 1.82) is 0 Å². The number of hydrogen-bond donors (Lipinski definition) is 0. The predicted molar refractivity (Wildman–Crippen MR) is 125 cm³/mol. The standard InChI is InChI=1S/C26H23NO3S/c1-2-29-25(28)18-31-24-13-12-20-10-6-7-11-23(20)26(24)21-14-22(16-27-15-21)30-17-19-8-4-3-5-9-19/h3-16H,2,17-18H2,1H3. The highest BCUT2D eigenvalue weighted by molar-refractivity contribution is 8.00. The molecule has 0 saturated heterocycles. The molecule has 0 radical (unpaired) electrons. The topological polar surface area (TPSA) is 48.4 Å². The van der Waals surface area contributed by atoms with Crippen LogP contribution >= 0.6 is 11.8 Å². The van der Waals surface area contributed by atoms with Gasteiger partial charge in [-0.05, 0) is 35.4 Å². The van der Waals surface area contributed by atoms with Gasteiger partial charge in [0.2, 0.25) is 0 Å². The first kappa shape index (κ1) is 20.9. The first-order valence-corrected chi connectivity index (χ1v) is 11.2. The van der Waals surface area contributed by atoms with E-state index in [2.05, 4.69) is 29.2 Å². The van der Waals surface area contributed by atoms with Crippen molar-refractivity contribution in [3.8, 4) is 16.9 Å². The molecule has 4 aromatic rings. The molecule has 156 valence electrons. The molecule has 1 heterocycles. The van der Waals surface area contributed by atoms with Gasteiger partial charge in [-0.1, -0.05) is 60.7 Å². The molecule has 0 amide bonds. The van der Waals surface area contributed by atoms with Gasteiger partial charge in [-0.3, -0.25) is 9.78 Å². The second kappa shape index (κ2) is 10.1. The number of fused-ring (bicyclic) bond motifs is 1. The molecule has 0 aliphatic carbocycles. The Hall–Kier alpha value is -3.31. The van der Waals surface area contributed by atoms with Gasteiger partial charge in [0.05, 0.1) is 18.6 Å². The summed E-state index contributed by atoms with van der Waals surface area (Å²) in [5.74, 6) is 0.747. The Labute approximate surface area is 186 Å². The fourth-order valence-electron chi connectivity index (χ4n) is 3.38. The van der Waals surface area contributed by atoms with Gasteiger partial charge in [-0.25, -0.2) is 0 Å². The average Bonchev–Trinajstić information content (AvgIpc) is 2.82. The van der Waals surface area contributed by atoms with Crippen molar-refractivity contribution in [3.63, 3.8) is 0 Å². The van der Waals surface area contributed by atoms with Crippen LogP contribution < -0.4 is 4.74 Å². The zero-order chi connectivity index (χ0) is 21.5. The molecule has 3 aromatic carbocycles. The van der Waals surface area contributed by atoms with E-state index in [1.807, 2.05) is 61.7 Å². The largest absolute Gasteiger partial charge is 0.487 e. The quantitative estimate of drug-likeness (QED) is 0.249. The highest BCUT2D eigenvalue weighted by Crippen LogP contribution is 2.38. The lowest BCUT2D eigenvalue weighted by Gasteiger charge is -2.14. The van der Waals surface area contributed by atoms with E-state index in [4.69, 9.17) is 9.47 Å². The molecule has 31 heavy (non-hydrogen) atoms. The van der Waals surface area contributed by atoms with Gasteiger partial charge in [0, 0.05) is 22.2 Å². The van der Waals surface area contributed by atoms with Crippen molar-refractivity contribution < 1.29 is 14.3 Å². The van der Waals surface area contributed by atoms with Crippen molar-refractivity contribution in [3.05, 3.63) is 90.8 Å². The van der Waals surface area contributed by atoms with Crippen LogP contribution in [0.3, 0.4) is 0 Å². The van der Waals surface area contributed by atoms with E-state index < -0.39 is 0 Å². The minimum Gasteiger partial charge on any atom is -0.487 e. The smallest absolute Gasteiger partial charge is 0.316 e. The van der Waals surface area contributed by atoms with Crippen molar-refractivity contribution in [2.24, 2.45) is 0 Å². The molecule has 5 heteroatoms. The van der Waals surface area contributed by atoms with Crippen LogP contribution in [0.15, 0.2) is 90.1 Å². The number of pyridine rings is 1. The number of aromatic nitrogens is 1. The summed E-state index contributed by atoms with van der Waals surface area (Å²) in [6.07, 6.45) is 3.56. The highest BCUT2D eigenvalue weighted by atomic mass is 32.2. The number of hydrogen-bond acceptors (Lipinski definition) is 5. The van der Waals surface area contributed by atoms with E-state index in [0.717, 1.165) is 32.4 Å². The van der Waals surface area contributed by atoms with Crippen LogP contribution in [0.2, 0.25) is 0 Å². The summed E-state index contributed by atoms with van der Waals surface area (Å²) in [7, 11) is 0. The third kappa shape index (κ3) is 5.25. The Balaban J connectivity index is 1.67.